The Morgan fingerprint density at radius 1 is 0.964 bits per heavy atom. The number of piperazine rings is 1. The first-order valence-corrected chi connectivity index (χ1v) is 11.2. The molecule has 28 heavy (non-hydrogen) atoms. The minimum Gasteiger partial charge on any atom is -0.340 e. The minimum atomic E-state index is -3.77. The van der Waals surface area contributed by atoms with E-state index in [0.717, 1.165) is 11.0 Å². The van der Waals surface area contributed by atoms with Gasteiger partial charge in [-0.2, -0.15) is 4.31 Å². The number of halogens is 2. The maximum Gasteiger partial charge on any atom is 0.243 e. The molecule has 150 valence electrons. The van der Waals surface area contributed by atoms with Crippen LogP contribution in [0.5, 0.6) is 0 Å². The molecule has 0 saturated carbocycles. The Bertz CT molecular complexity index is 928. The van der Waals surface area contributed by atoms with Crippen molar-refractivity contribution in [2.75, 3.05) is 31.9 Å². The molecule has 0 spiro atoms. The average molecular weight is 427 g/mol. The van der Waals surface area contributed by atoms with E-state index < -0.39 is 15.8 Å². The second-order valence-electron chi connectivity index (χ2n) is 6.29. The molecule has 1 aliphatic heterocycles. The lowest BCUT2D eigenvalue weighted by molar-refractivity contribution is -0.131. The topological polar surface area (TPSA) is 57.7 Å². The minimum absolute atomic E-state index is 0.0441. The molecule has 2 aromatic rings. The van der Waals surface area contributed by atoms with E-state index in [2.05, 4.69) is 0 Å². The third kappa shape index (κ3) is 5.09. The highest BCUT2D eigenvalue weighted by atomic mass is 32.2. The van der Waals surface area contributed by atoms with Crippen LogP contribution < -0.4 is 0 Å². The number of rotatable bonds is 6. The van der Waals surface area contributed by atoms with E-state index >= 15 is 0 Å². The normalized spacial score (nSPS) is 15.6. The molecule has 0 aromatic heterocycles. The van der Waals surface area contributed by atoms with Gasteiger partial charge in [-0.25, -0.2) is 17.2 Å². The smallest absolute Gasteiger partial charge is 0.243 e. The molecule has 2 aromatic carbocycles. The molecular formula is C19H20F2N2O3S2. The predicted molar refractivity (Wildman–Crippen MR) is 103 cm³/mol. The fraction of sp³-hybridized carbons (Fsp3) is 0.316. The zero-order valence-electron chi connectivity index (χ0n) is 15.1. The predicted octanol–water partition coefficient (Wildman–Crippen LogP) is 2.98. The maximum absolute atomic E-state index is 13.3. The Morgan fingerprint density at radius 2 is 1.64 bits per heavy atom. The van der Waals surface area contributed by atoms with Crippen molar-refractivity contribution < 1.29 is 22.0 Å². The van der Waals surface area contributed by atoms with Crippen molar-refractivity contribution in [1.82, 2.24) is 9.21 Å². The maximum atomic E-state index is 13.3. The van der Waals surface area contributed by atoms with Gasteiger partial charge >= 0.3 is 0 Å². The quantitative estimate of drug-likeness (QED) is 0.667. The van der Waals surface area contributed by atoms with Crippen LogP contribution in [-0.2, 0) is 14.8 Å². The molecule has 1 fully saturated rings. The summed E-state index contributed by atoms with van der Waals surface area (Å²) in [5.74, 6) is -0.385. The zero-order chi connectivity index (χ0) is 20.1. The number of sulfonamides is 1. The van der Waals surface area contributed by atoms with E-state index in [1.165, 1.54) is 46.4 Å². The molecule has 1 saturated heterocycles. The summed E-state index contributed by atoms with van der Waals surface area (Å²) in [4.78, 5) is 14.8. The highest BCUT2D eigenvalue weighted by Crippen LogP contribution is 2.21. The number of benzene rings is 2. The van der Waals surface area contributed by atoms with Crippen molar-refractivity contribution in [2.45, 2.75) is 16.2 Å². The molecular weight excluding hydrogens is 406 g/mol. The van der Waals surface area contributed by atoms with E-state index in [-0.39, 0.29) is 29.7 Å². The number of carbonyl (C=O) groups excluding carboxylic acids is 1. The summed E-state index contributed by atoms with van der Waals surface area (Å²) in [7, 11) is -3.77. The summed E-state index contributed by atoms with van der Waals surface area (Å²) >= 11 is 1.47. The molecule has 0 bridgehead atoms. The van der Waals surface area contributed by atoms with Crippen LogP contribution in [-0.4, -0.2) is 55.5 Å². The van der Waals surface area contributed by atoms with Crippen molar-refractivity contribution in [3.63, 3.8) is 0 Å². The van der Waals surface area contributed by atoms with Crippen molar-refractivity contribution in [3.8, 4) is 0 Å². The number of amides is 1. The number of hydrogen-bond acceptors (Lipinski definition) is 4. The summed E-state index contributed by atoms with van der Waals surface area (Å²) in [6.45, 7) is 0.953. The first kappa shape index (κ1) is 20.8. The standard InChI is InChI=1S/C19H20F2N2O3S2/c20-15-4-6-17(7-5-15)27-13-8-19(24)22-9-11-23(12-10-22)28(25,26)18-3-1-2-16(21)14-18/h1-7,14H,8-13H2. The van der Waals surface area contributed by atoms with E-state index in [1.807, 2.05) is 0 Å². The first-order chi connectivity index (χ1) is 13.4. The van der Waals surface area contributed by atoms with Gasteiger partial charge in [0.05, 0.1) is 4.90 Å². The van der Waals surface area contributed by atoms with Crippen LogP contribution in [0.1, 0.15) is 6.42 Å². The molecule has 5 nitrogen and oxygen atoms in total. The van der Waals surface area contributed by atoms with Crippen molar-refractivity contribution in [2.24, 2.45) is 0 Å². The summed E-state index contributed by atoms with van der Waals surface area (Å²) in [5.41, 5.74) is 0. The molecule has 0 unspecified atom stereocenters. The summed E-state index contributed by atoms with van der Waals surface area (Å²) < 4.78 is 52.7. The Kier molecular flexibility index (Phi) is 6.69. The van der Waals surface area contributed by atoms with Gasteiger partial charge in [0.15, 0.2) is 0 Å². The van der Waals surface area contributed by atoms with Gasteiger partial charge in [0, 0.05) is 43.2 Å². The van der Waals surface area contributed by atoms with Crippen molar-refractivity contribution in [1.29, 1.82) is 0 Å². The average Bonchev–Trinajstić information content (AvgIpc) is 2.69. The Labute approximate surface area is 167 Å². The van der Waals surface area contributed by atoms with E-state index in [9.17, 15) is 22.0 Å². The fourth-order valence-corrected chi connectivity index (χ4v) is 5.19. The molecule has 3 rings (SSSR count). The van der Waals surface area contributed by atoms with Gasteiger partial charge in [-0.1, -0.05) is 6.07 Å². The second-order valence-corrected chi connectivity index (χ2v) is 9.40. The highest BCUT2D eigenvalue weighted by Gasteiger charge is 2.30. The van der Waals surface area contributed by atoms with E-state index in [4.69, 9.17) is 0 Å². The Morgan fingerprint density at radius 3 is 2.29 bits per heavy atom. The lowest BCUT2D eigenvalue weighted by Gasteiger charge is -2.34. The number of thioether (sulfide) groups is 1. The van der Waals surface area contributed by atoms with Crippen LogP contribution in [0.15, 0.2) is 58.3 Å². The number of hydrogen-bond donors (Lipinski definition) is 0. The van der Waals surface area contributed by atoms with Gasteiger partial charge < -0.3 is 4.90 Å². The second kappa shape index (κ2) is 9.02. The Balaban J connectivity index is 1.49. The molecule has 9 heteroatoms. The molecule has 0 atom stereocenters. The lowest BCUT2D eigenvalue weighted by Crippen LogP contribution is -2.50. The van der Waals surface area contributed by atoms with Crippen LogP contribution in [0, 0.1) is 11.6 Å². The van der Waals surface area contributed by atoms with Crippen LogP contribution in [0.3, 0.4) is 0 Å². The van der Waals surface area contributed by atoms with Gasteiger partial charge in [0.2, 0.25) is 15.9 Å². The van der Waals surface area contributed by atoms with Gasteiger partial charge in [-0.3, -0.25) is 4.79 Å². The summed E-state index contributed by atoms with van der Waals surface area (Å²) in [6, 6.07) is 11.0. The summed E-state index contributed by atoms with van der Waals surface area (Å²) in [6.07, 6.45) is 0.318. The van der Waals surface area contributed by atoms with Crippen LogP contribution >= 0.6 is 11.8 Å². The van der Waals surface area contributed by atoms with E-state index in [0.29, 0.717) is 25.3 Å². The number of carbonyl (C=O) groups is 1. The summed E-state index contributed by atoms with van der Waals surface area (Å²) in [5, 5.41) is 0. The first-order valence-electron chi connectivity index (χ1n) is 8.78. The third-order valence-corrected chi connectivity index (χ3v) is 7.33. The molecule has 1 aliphatic rings. The Hall–Kier alpha value is -1.97. The molecule has 1 heterocycles. The van der Waals surface area contributed by atoms with Gasteiger partial charge in [0.1, 0.15) is 11.6 Å². The lowest BCUT2D eigenvalue weighted by atomic mass is 10.3. The fourth-order valence-electron chi connectivity index (χ4n) is 2.90. The van der Waals surface area contributed by atoms with Crippen molar-refractivity contribution in [3.05, 3.63) is 60.2 Å². The van der Waals surface area contributed by atoms with Gasteiger partial charge in [-0.05, 0) is 42.5 Å². The van der Waals surface area contributed by atoms with Crippen molar-refractivity contribution >= 4 is 27.7 Å². The van der Waals surface area contributed by atoms with Crippen LogP contribution in [0.25, 0.3) is 0 Å². The molecule has 0 N–H and O–H groups in total. The molecule has 0 aliphatic carbocycles. The SMILES string of the molecule is O=C(CCSc1ccc(F)cc1)N1CCN(S(=O)(=O)c2cccc(F)c2)CC1. The van der Waals surface area contributed by atoms with Crippen LogP contribution in [0.2, 0.25) is 0 Å². The van der Waals surface area contributed by atoms with E-state index in [1.54, 1.807) is 17.0 Å². The van der Waals surface area contributed by atoms with Gasteiger partial charge in [-0.15, -0.1) is 11.8 Å². The highest BCUT2D eigenvalue weighted by molar-refractivity contribution is 7.99. The van der Waals surface area contributed by atoms with Crippen LogP contribution in [0.4, 0.5) is 8.78 Å². The monoisotopic (exact) mass is 426 g/mol. The third-order valence-electron chi connectivity index (χ3n) is 4.42. The zero-order valence-corrected chi connectivity index (χ0v) is 16.7. The van der Waals surface area contributed by atoms with Gasteiger partial charge in [0.25, 0.3) is 0 Å². The largest absolute Gasteiger partial charge is 0.340 e. The molecule has 1 amide bonds. The molecule has 0 radical (unpaired) electrons. The number of nitrogens with zero attached hydrogens (tertiary/aromatic N) is 2.